The SMILES string of the molecule is COC(=O)c1cc(NC(=O)c2cccc(NC(=O)[C@@H]3CCCO3)c2)c(F)cc1F. The van der Waals surface area contributed by atoms with Crippen LogP contribution in [-0.4, -0.2) is 37.6 Å². The Bertz CT molecular complexity index is 958. The molecule has 1 aliphatic rings. The van der Waals surface area contributed by atoms with Crippen molar-refractivity contribution in [3.8, 4) is 0 Å². The molecule has 1 saturated heterocycles. The van der Waals surface area contributed by atoms with Crippen LogP contribution in [0.1, 0.15) is 33.6 Å². The molecule has 1 aliphatic heterocycles. The number of amides is 2. The number of nitrogens with one attached hydrogen (secondary N) is 2. The molecule has 0 spiro atoms. The van der Waals surface area contributed by atoms with E-state index in [0.717, 1.165) is 19.6 Å². The first-order chi connectivity index (χ1) is 13.9. The number of anilines is 2. The van der Waals surface area contributed by atoms with E-state index in [1.165, 1.54) is 12.1 Å². The lowest BCUT2D eigenvalue weighted by molar-refractivity contribution is -0.124. The monoisotopic (exact) mass is 404 g/mol. The summed E-state index contributed by atoms with van der Waals surface area (Å²) >= 11 is 0. The molecule has 2 aromatic rings. The Balaban J connectivity index is 1.76. The molecule has 2 aromatic carbocycles. The lowest BCUT2D eigenvalue weighted by atomic mass is 10.1. The van der Waals surface area contributed by atoms with Gasteiger partial charge in [-0.05, 0) is 37.1 Å². The average Bonchev–Trinajstić information content (AvgIpc) is 3.24. The number of halogens is 2. The van der Waals surface area contributed by atoms with E-state index in [1.54, 1.807) is 12.1 Å². The third kappa shape index (κ3) is 4.75. The van der Waals surface area contributed by atoms with E-state index in [0.29, 0.717) is 24.8 Å². The van der Waals surface area contributed by atoms with Crippen molar-refractivity contribution < 1.29 is 32.6 Å². The molecule has 0 aromatic heterocycles. The summed E-state index contributed by atoms with van der Waals surface area (Å²) in [7, 11) is 1.06. The summed E-state index contributed by atoms with van der Waals surface area (Å²) in [4.78, 5) is 36.2. The Morgan fingerprint density at radius 3 is 2.59 bits per heavy atom. The second-order valence-electron chi connectivity index (χ2n) is 6.33. The topological polar surface area (TPSA) is 93.7 Å². The number of carbonyl (C=O) groups excluding carboxylic acids is 3. The first kappa shape index (κ1) is 20.4. The van der Waals surface area contributed by atoms with E-state index in [1.807, 2.05) is 0 Å². The maximum atomic E-state index is 14.0. The molecule has 3 rings (SSSR count). The highest BCUT2D eigenvalue weighted by atomic mass is 19.1. The van der Waals surface area contributed by atoms with Crippen molar-refractivity contribution in [3.63, 3.8) is 0 Å². The van der Waals surface area contributed by atoms with Crippen molar-refractivity contribution >= 4 is 29.2 Å². The van der Waals surface area contributed by atoms with E-state index in [4.69, 9.17) is 4.74 Å². The molecule has 0 saturated carbocycles. The van der Waals surface area contributed by atoms with Gasteiger partial charge in [-0.25, -0.2) is 13.6 Å². The first-order valence-electron chi connectivity index (χ1n) is 8.80. The van der Waals surface area contributed by atoms with Gasteiger partial charge in [-0.1, -0.05) is 6.07 Å². The Kier molecular flexibility index (Phi) is 6.18. The van der Waals surface area contributed by atoms with Crippen molar-refractivity contribution in [1.29, 1.82) is 0 Å². The summed E-state index contributed by atoms with van der Waals surface area (Å²) in [6.45, 7) is 0.525. The Labute approximate surface area is 165 Å². The number of carbonyl (C=O) groups is 3. The molecule has 1 atom stereocenters. The van der Waals surface area contributed by atoms with Crippen molar-refractivity contribution in [2.45, 2.75) is 18.9 Å². The molecule has 2 amide bonds. The first-order valence-corrected chi connectivity index (χ1v) is 8.80. The van der Waals surface area contributed by atoms with Crippen LogP contribution in [0.3, 0.4) is 0 Å². The third-order valence-electron chi connectivity index (χ3n) is 4.32. The predicted octanol–water partition coefficient (Wildman–Crippen LogP) is 3.12. The third-order valence-corrected chi connectivity index (χ3v) is 4.32. The highest BCUT2D eigenvalue weighted by Crippen LogP contribution is 2.22. The minimum Gasteiger partial charge on any atom is -0.465 e. The summed E-state index contributed by atoms with van der Waals surface area (Å²) in [6, 6.07) is 7.35. The van der Waals surface area contributed by atoms with Gasteiger partial charge in [-0.2, -0.15) is 0 Å². The van der Waals surface area contributed by atoms with Gasteiger partial charge in [0.2, 0.25) is 0 Å². The fourth-order valence-electron chi connectivity index (χ4n) is 2.85. The lowest BCUT2D eigenvalue weighted by Crippen LogP contribution is -2.27. The van der Waals surface area contributed by atoms with Crippen LogP contribution >= 0.6 is 0 Å². The van der Waals surface area contributed by atoms with Crippen molar-refractivity contribution in [2.24, 2.45) is 0 Å². The van der Waals surface area contributed by atoms with E-state index < -0.39 is 35.2 Å². The summed E-state index contributed by atoms with van der Waals surface area (Å²) in [6.07, 6.45) is 0.896. The van der Waals surface area contributed by atoms with E-state index >= 15 is 0 Å². The zero-order chi connectivity index (χ0) is 21.0. The van der Waals surface area contributed by atoms with Gasteiger partial charge in [0.25, 0.3) is 11.8 Å². The fourth-order valence-corrected chi connectivity index (χ4v) is 2.85. The van der Waals surface area contributed by atoms with Gasteiger partial charge in [-0.3, -0.25) is 9.59 Å². The van der Waals surface area contributed by atoms with Gasteiger partial charge < -0.3 is 20.1 Å². The number of benzene rings is 2. The molecule has 1 heterocycles. The number of rotatable bonds is 5. The summed E-state index contributed by atoms with van der Waals surface area (Å²) in [5.41, 5.74) is -0.404. The molecule has 0 unspecified atom stereocenters. The molecule has 0 bridgehead atoms. The van der Waals surface area contributed by atoms with Crippen LogP contribution < -0.4 is 10.6 Å². The molecule has 2 N–H and O–H groups in total. The van der Waals surface area contributed by atoms with Crippen LogP contribution in [0.15, 0.2) is 36.4 Å². The molecule has 9 heteroatoms. The second-order valence-corrected chi connectivity index (χ2v) is 6.33. The molecule has 0 radical (unpaired) electrons. The fraction of sp³-hybridized carbons (Fsp3) is 0.250. The molecular formula is C20H18F2N2O5. The zero-order valence-electron chi connectivity index (χ0n) is 15.5. The highest BCUT2D eigenvalue weighted by Gasteiger charge is 2.24. The number of hydrogen-bond donors (Lipinski definition) is 2. The standard InChI is InChI=1S/C20H18F2N2O5/c1-28-20(27)13-9-16(15(22)10-14(13)21)24-18(25)11-4-2-5-12(8-11)23-19(26)17-6-3-7-29-17/h2,4-5,8-10,17H,3,6-7H2,1H3,(H,23,26)(H,24,25)/t17-/m0/s1. The predicted molar refractivity (Wildman–Crippen MR) is 99.7 cm³/mol. The highest BCUT2D eigenvalue weighted by molar-refractivity contribution is 6.06. The van der Waals surface area contributed by atoms with E-state index in [9.17, 15) is 23.2 Å². The zero-order valence-corrected chi connectivity index (χ0v) is 15.5. The van der Waals surface area contributed by atoms with Gasteiger partial charge in [-0.15, -0.1) is 0 Å². The molecule has 29 heavy (non-hydrogen) atoms. The largest absolute Gasteiger partial charge is 0.465 e. The van der Waals surface area contributed by atoms with Crippen LogP contribution in [0.2, 0.25) is 0 Å². The van der Waals surface area contributed by atoms with Crippen LogP contribution in [-0.2, 0) is 14.3 Å². The number of hydrogen-bond acceptors (Lipinski definition) is 5. The minimum absolute atomic E-state index is 0.124. The van der Waals surface area contributed by atoms with Crippen molar-refractivity contribution in [2.75, 3.05) is 24.4 Å². The van der Waals surface area contributed by atoms with Crippen molar-refractivity contribution in [1.82, 2.24) is 0 Å². The van der Waals surface area contributed by atoms with Crippen LogP contribution in [0.5, 0.6) is 0 Å². The smallest absolute Gasteiger partial charge is 0.340 e. The van der Waals surface area contributed by atoms with Gasteiger partial charge >= 0.3 is 5.97 Å². The molecule has 7 nitrogen and oxygen atoms in total. The number of esters is 1. The minimum atomic E-state index is -1.11. The Hall–Kier alpha value is -3.33. The second kappa shape index (κ2) is 8.78. The van der Waals surface area contributed by atoms with Crippen LogP contribution in [0.25, 0.3) is 0 Å². The number of ether oxygens (including phenoxy) is 2. The maximum absolute atomic E-state index is 14.0. The quantitative estimate of drug-likeness (QED) is 0.747. The van der Waals surface area contributed by atoms with Gasteiger partial charge in [0.05, 0.1) is 18.4 Å². The maximum Gasteiger partial charge on any atom is 0.340 e. The molecule has 0 aliphatic carbocycles. The van der Waals surface area contributed by atoms with Crippen molar-refractivity contribution in [3.05, 3.63) is 59.2 Å². The number of methoxy groups -OCH3 is 1. The normalized spacial score (nSPS) is 15.6. The average molecular weight is 404 g/mol. The summed E-state index contributed by atoms with van der Waals surface area (Å²) < 4.78 is 37.5. The van der Waals surface area contributed by atoms with E-state index in [2.05, 4.69) is 15.4 Å². The Morgan fingerprint density at radius 1 is 1.10 bits per heavy atom. The lowest BCUT2D eigenvalue weighted by Gasteiger charge is -2.12. The van der Waals surface area contributed by atoms with Crippen LogP contribution in [0.4, 0.5) is 20.2 Å². The Morgan fingerprint density at radius 2 is 1.90 bits per heavy atom. The molecule has 152 valence electrons. The van der Waals surface area contributed by atoms with Crippen LogP contribution in [0, 0.1) is 11.6 Å². The van der Waals surface area contributed by atoms with Gasteiger partial charge in [0.15, 0.2) is 0 Å². The summed E-state index contributed by atoms with van der Waals surface area (Å²) in [5, 5.41) is 4.95. The molecule has 1 fully saturated rings. The van der Waals surface area contributed by atoms with Gasteiger partial charge in [0, 0.05) is 23.9 Å². The summed E-state index contributed by atoms with van der Waals surface area (Å²) in [5.74, 6) is -4.18. The molecular weight excluding hydrogens is 386 g/mol. The van der Waals surface area contributed by atoms with E-state index in [-0.39, 0.29) is 17.2 Å². The van der Waals surface area contributed by atoms with Gasteiger partial charge in [0.1, 0.15) is 17.7 Å².